The van der Waals surface area contributed by atoms with Gasteiger partial charge in [0, 0.05) is 37.8 Å². The van der Waals surface area contributed by atoms with Crippen molar-refractivity contribution in [3.05, 3.63) is 22.7 Å². The Morgan fingerprint density at radius 1 is 1.36 bits per heavy atom. The lowest BCUT2D eigenvalue weighted by molar-refractivity contribution is 0.0621. The van der Waals surface area contributed by atoms with E-state index in [1.54, 1.807) is 17.0 Å². The molecule has 1 N–H and O–H groups in total. The molecule has 0 aliphatic carbocycles. The van der Waals surface area contributed by atoms with Gasteiger partial charge in [-0.15, -0.1) is 12.4 Å². The number of piperidine rings is 3. The van der Waals surface area contributed by atoms with Crippen molar-refractivity contribution in [2.45, 2.75) is 18.9 Å². The van der Waals surface area contributed by atoms with Gasteiger partial charge in [-0.05, 0) is 37.9 Å². The van der Waals surface area contributed by atoms with E-state index in [1.165, 1.54) is 0 Å². The zero-order valence-corrected chi connectivity index (χ0v) is 15.9. The van der Waals surface area contributed by atoms with Crippen LogP contribution in [0, 0.1) is 5.92 Å². The van der Waals surface area contributed by atoms with Gasteiger partial charge in [0.1, 0.15) is 5.52 Å². The molecule has 1 amide bonds. The second-order valence-electron chi connectivity index (χ2n) is 6.91. The van der Waals surface area contributed by atoms with Crippen molar-refractivity contribution in [2.24, 2.45) is 5.92 Å². The van der Waals surface area contributed by atoms with Gasteiger partial charge in [0.2, 0.25) is 0 Å². The first kappa shape index (κ1) is 18.3. The molecule has 1 aromatic heterocycles. The van der Waals surface area contributed by atoms with Gasteiger partial charge in [0.25, 0.3) is 11.9 Å². The van der Waals surface area contributed by atoms with Crippen molar-refractivity contribution in [2.75, 3.05) is 38.6 Å². The number of nitrogens with zero attached hydrogens (tertiary/aromatic N) is 3. The van der Waals surface area contributed by atoms with E-state index < -0.39 is 0 Å². The normalized spacial score (nSPS) is 24.8. The number of oxazole rings is 1. The second kappa shape index (κ2) is 7.02. The monoisotopic (exact) mass is 384 g/mol. The van der Waals surface area contributed by atoms with Crippen molar-refractivity contribution in [3.8, 4) is 0 Å². The Hall–Kier alpha value is -1.50. The van der Waals surface area contributed by atoms with Gasteiger partial charge < -0.3 is 19.5 Å². The van der Waals surface area contributed by atoms with Crippen molar-refractivity contribution < 1.29 is 9.21 Å². The Morgan fingerprint density at radius 3 is 2.68 bits per heavy atom. The topological polar surface area (TPSA) is 61.6 Å². The van der Waals surface area contributed by atoms with Gasteiger partial charge >= 0.3 is 0 Å². The minimum absolute atomic E-state index is 0. The van der Waals surface area contributed by atoms with Crippen molar-refractivity contribution in [1.82, 2.24) is 15.2 Å². The first-order valence-electron chi connectivity index (χ1n) is 8.32. The molecule has 136 valence electrons. The van der Waals surface area contributed by atoms with Crippen LogP contribution in [0.15, 0.2) is 16.5 Å². The first-order chi connectivity index (χ1) is 11.5. The lowest BCUT2D eigenvalue weighted by Gasteiger charge is -2.44. The van der Waals surface area contributed by atoms with Crippen LogP contribution in [-0.2, 0) is 0 Å². The van der Waals surface area contributed by atoms with E-state index in [0.717, 1.165) is 32.5 Å². The minimum Gasteiger partial charge on any atom is -0.423 e. The van der Waals surface area contributed by atoms with Gasteiger partial charge in [-0.3, -0.25) is 4.79 Å². The zero-order valence-electron chi connectivity index (χ0n) is 14.3. The van der Waals surface area contributed by atoms with Crippen LogP contribution >= 0.6 is 24.0 Å². The van der Waals surface area contributed by atoms with E-state index in [2.05, 4.69) is 15.2 Å². The molecule has 5 rings (SSSR count). The maximum atomic E-state index is 12.9. The Bertz CT molecular complexity index is 784. The molecule has 0 saturated carbocycles. The summed E-state index contributed by atoms with van der Waals surface area (Å²) in [4.78, 5) is 21.5. The Morgan fingerprint density at radius 2 is 2.08 bits per heavy atom. The molecule has 1 atom stereocenters. The highest BCUT2D eigenvalue weighted by atomic mass is 35.5. The highest BCUT2D eigenvalue weighted by Gasteiger charge is 2.35. The summed E-state index contributed by atoms with van der Waals surface area (Å²) >= 11 is 6.17. The number of fused-ring (bicyclic) bond motifs is 4. The molecule has 8 heteroatoms. The highest BCUT2D eigenvalue weighted by Crippen LogP contribution is 2.30. The Kier molecular flexibility index (Phi) is 5.14. The zero-order chi connectivity index (χ0) is 16.8. The summed E-state index contributed by atoms with van der Waals surface area (Å²) in [5.74, 6) is 0.447. The number of rotatable bonds is 3. The van der Waals surface area contributed by atoms with Gasteiger partial charge in [-0.2, -0.15) is 4.98 Å². The van der Waals surface area contributed by atoms with Crippen molar-refractivity contribution in [3.63, 3.8) is 0 Å². The number of hydrogen-bond donors (Lipinski definition) is 1. The smallest absolute Gasteiger partial charge is 0.297 e. The van der Waals surface area contributed by atoms with Crippen LogP contribution in [0.2, 0.25) is 5.02 Å². The average Bonchev–Trinajstić information content (AvgIpc) is 2.99. The quantitative estimate of drug-likeness (QED) is 0.881. The number of carbonyl (C=O) groups excluding carboxylic acids is 1. The standard InChI is InChI=1S/C17H21ClN4O2.ClH/c1-21(2)17-20-15-12(7-11(18)8-14(15)24-17)16(23)19-13-9-22-5-3-10(13)4-6-22;/h7-8,10,13H,3-6,9H2,1-2H3,(H,19,23);1H. The highest BCUT2D eigenvalue weighted by molar-refractivity contribution is 6.32. The predicted molar refractivity (Wildman–Crippen MR) is 101 cm³/mol. The molecule has 25 heavy (non-hydrogen) atoms. The summed E-state index contributed by atoms with van der Waals surface area (Å²) in [5.41, 5.74) is 1.57. The molecule has 2 bridgehead atoms. The molecule has 3 saturated heterocycles. The molecule has 2 aromatic rings. The van der Waals surface area contributed by atoms with E-state index in [-0.39, 0.29) is 24.4 Å². The SMILES string of the molecule is CN(C)c1nc2c(C(=O)NC3CN4CCC3CC4)cc(Cl)cc2o1.Cl. The number of nitrogens with one attached hydrogen (secondary N) is 1. The van der Waals surface area contributed by atoms with E-state index in [9.17, 15) is 4.79 Å². The van der Waals surface area contributed by atoms with Gasteiger partial charge in [0.15, 0.2) is 5.58 Å². The molecule has 3 aliphatic heterocycles. The fourth-order valence-electron chi connectivity index (χ4n) is 3.72. The number of amides is 1. The van der Waals surface area contributed by atoms with Crippen LogP contribution < -0.4 is 10.2 Å². The van der Waals surface area contributed by atoms with E-state index in [0.29, 0.717) is 33.6 Å². The lowest BCUT2D eigenvalue weighted by atomic mass is 9.84. The molecule has 1 unspecified atom stereocenters. The van der Waals surface area contributed by atoms with Crippen LogP contribution in [0.5, 0.6) is 0 Å². The average molecular weight is 385 g/mol. The number of halogens is 2. The minimum atomic E-state index is -0.125. The molecule has 6 nitrogen and oxygen atoms in total. The maximum absolute atomic E-state index is 12.9. The molecule has 3 aliphatic rings. The Balaban J connectivity index is 0.00000182. The summed E-state index contributed by atoms with van der Waals surface area (Å²) in [6.45, 7) is 3.23. The summed E-state index contributed by atoms with van der Waals surface area (Å²) in [6.07, 6.45) is 2.31. The third-order valence-electron chi connectivity index (χ3n) is 5.05. The number of benzene rings is 1. The number of carbonyl (C=O) groups is 1. The summed E-state index contributed by atoms with van der Waals surface area (Å²) < 4.78 is 5.68. The maximum Gasteiger partial charge on any atom is 0.297 e. The first-order valence-corrected chi connectivity index (χ1v) is 8.69. The third kappa shape index (κ3) is 3.43. The molecule has 0 radical (unpaired) electrons. The second-order valence-corrected chi connectivity index (χ2v) is 7.35. The van der Waals surface area contributed by atoms with E-state index >= 15 is 0 Å². The molecule has 4 heterocycles. The fraction of sp³-hybridized carbons (Fsp3) is 0.529. The van der Waals surface area contributed by atoms with Gasteiger partial charge in [0.05, 0.1) is 5.56 Å². The third-order valence-corrected chi connectivity index (χ3v) is 5.27. The molecule has 3 fully saturated rings. The molecular formula is C17H22Cl2N4O2. The summed E-state index contributed by atoms with van der Waals surface area (Å²) in [6, 6.07) is 4.03. The number of anilines is 1. The molecule has 0 spiro atoms. The van der Waals surface area contributed by atoms with Gasteiger partial charge in [-0.1, -0.05) is 11.6 Å². The number of hydrogen-bond acceptors (Lipinski definition) is 5. The van der Waals surface area contributed by atoms with Crippen LogP contribution in [0.3, 0.4) is 0 Å². The van der Waals surface area contributed by atoms with Crippen molar-refractivity contribution in [1.29, 1.82) is 0 Å². The summed E-state index contributed by atoms with van der Waals surface area (Å²) in [5, 5.41) is 3.66. The molecule has 1 aromatic carbocycles. The predicted octanol–water partition coefficient (Wildman–Crippen LogP) is 2.79. The lowest BCUT2D eigenvalue weighted by Crippen LogP contribution is -2.57. The number of aromatic nitrogens is 1. The van der Waals surface area contributed by atoms with Crippen molar-refractivity contribution >= 4 is 47.0 Å². The Labute approximate surface area is 157 Å². The molecular weight excluding hydrogens is 363 g/mol. The van der Waals surface area contributed by atoms with Crippen LogP contribution in [0.4, 0.5) is 6.01 Å². The van der Waals surface area contributed by atoms with E-state index in [1.807, 2.05) is 14.1 Å². The van der Waals surface area contributed by atoms with Gasteiger partial charge in [-0.25, -0.2) is 0 Å². The largest absolute Gasteiger partial charge is 0.423 e. The van der Waals surface area contributed by atoms with Crippen LogP contribution in [-0.4, -0.2) is 55.6 Å². The fourth-order valence-corrected chi connectivity index (χ4v) is 3.93. The summed E-state index contributed by atoms with van der Waals surface area (Å²) in [7, 11) is 3.69. The van der Waals surface area contributed by atoms with Crippen LogP contribution in [0.25, 0.3) is 11.1 Å². The van der Waals surface area contributed by atoms with E-state index in [4.69, 9.17) is 16.0 Å². The van der Waals surface area contributed by atoms with Crippen LogP contribution in [0.1, 0.15) is 23.2 Å².